The standard InChI is InChI=1S/C11H9BrFN3/c12-10-2-1-7(13)3-11(10)16-9-4-8(14)5-15-6-9/h1-6,16H,14H2. The van der Waals surface area contributed by atoms with Crippen LogP contribution in [0.3, 0.4) is 0 Å². The number of hydrogen-bond donors (Lipinski definition) is 2. The van der Waals surface area contributed by atoms with Crippen molar-refractivity contribution in [2.75, 3.05) is 11.1 Å². The van der Waals surface area contributed by atoms with E-state index in [4.69, 9.17) is 5.73 Å². The fourth-order valence-corrected chi connectivity index (χ4v) is 1.62. The molecule has 0 fully saturated rings. The lowest BCUT2D eigenvalue weighted by atomic mass is 10.3. The number of benzene rings is 1. The van der Waals surface area contributed by atoms with Crippen LogP contribution in [0.15, 0.2) is 41.1 Å². The zero-order valence-corrected chi connectivity index (χ0v) is 9.83. The molecule has 0 bridgehead atoms. The number of pyridine rings is 1. The molecular formula is C11H9BrFN3. The number of rotatable bonds is 2. The number of halogens is 2. The number of anilines is 3. The van der Waals surface area contributed by atoms with Crippen LogP contribution in [0, 0.1) is 5.82 Å². The van der Waals surface area contributed by atoms with E-state index in [-0.39, 0.29) is 5.82 Å². The minimum Gasteiger partial charge on any atom is -0.397 e. The highest BCUT2D eigenvalue weighted by Crippen LogP contribution is 2.26. The highest BCUT2D eigenvalue weighted by Gasteiger charge is 2.02. The largest absolute Gasteiger partial charge is 0.397 e. The van der Waals surface area contributed by atoms with Crippen molar-refractivity contribution >= 4 is 33.0 Å². The molecule has 1 aromatic heterocycles. The molecule has 3 N–H and O–H groups in total. The lowest BCUT2D eigenvalue weighted by molar-refractivity contribution is 0.628. The predicted octanol–water partition coefficient (Wildman–Crippen LogP) is 3.31. The summed E-state index contributed by atoms with van der Waals surface area (Å²) in [5, 5.41) is 3.02. The molecule has 16 heavy (non-hydrogen) atoms. The minimum absolute atomic E-state index is 0.303. The summed E-state index contributed by atoms with van der Waals surface area (Å²) in [5.74, 6) is -0.303. The second-order valence-electron chi connectivity index (χ2n) is 3.26. The molecule has 2 rings (SSSR count). The third kappa shape index (κ3) is 2.49. The average molecular weight is 282 g/mol. The lowest BCUT2D eigenvalue weighted by Gasteiger charge is -2.08. The Hall–Kier alpha value is -1.62. The first-order valence-corrected chi connectivity index (χ1v) is 5.37. The Bertz CT molecular complexity index is 516. The topological polar surface area (TPSA) is 50.9 Å². The van der Waals surface area contributed by atoms with Gasteiger partial charge in [0.15, 0.2) is 0 Å². The Labute approximate surface area is 101 Å². The van der Waals surface area contributed by atoms with Crippen molar-refractivity contribution in [1.29, 1.82) is 0 Å². The monoisotopic (exact) mass is 281 g/mol. The van der Waals surface area contributed by atoms with Gasteiger partial charge in [-0.3, -0.25) is 4.98 Å². The Morgan fingerprint density at radius 3 is 2.81 bits per heavy atom. The molecule has 2 aromatic rings. The molecular weight excluding hydrogens is 273 g/mol. The first-order valence-electron chi connectivity index (χ1n) is 4.58. The van der Waals surface area contributed by atoms with Crippen LogP contribution in [0.25, 0.3) is 0 Å². The first-order chi connectivity index (χ1) is 7.65. The van der Waals surface area contributed by atoms with Gasteiger partial charge in [0.05, 0.1) is 23.3 Å². The number of aromatic nitrogens is 1. The van der Waals surface area contributed by atoms with Gasteiger partial charge in [-0.1, -0.05) is 0 Å². The number of hydrogen-bond acceptors (Lipinski definition) is 3. The van der Waals surface area contributed by atoms with Crippen LogP contribution >= 0.6 is 15.9 Å². The van der Waals surface area contributed by atoms with E-state index < -0.39 is 0 Å². The van der Waals surface area contributed by atoms with E-state index in [1.54, 1.807) is 24.5 Å². The van der Waals surface area contributed by atoms with Crippen LogP contribution in [-0.4, -0.2) is 4.98 Å². The third-order valence-corrected chi connectivity index (χ3v) is 2.66. The zero-order valence-electron chi connectivity index (χ0n) is 8.24. The summed E-state index contributed by atoms with van der Waals surface area (Å²) in [4.78, 5) is 3.94. The highest BCUT2D eigenvalue weighted by atomic mass is 79.9. The SMILES string of the molecule is Nc1cncc(Nc2cc(F)ccc2Br)c1. The molecule has 1 aromatic carbocycles. The maximum Gasteiger partial charge on any atom is 0.125 e. The van der Waals surface area contributed by atoms with Gasteiger partial charge in [0, 0.05) is 10.7 Å². The molecule has 1 heterocycles. The maximum atomic E-state index is 13.0. The van der Waals surface area contributed by atoms with E-state index in [9.17, 15) is 4.39 Å². The molecule has 0 unspecified atom stereocenters. The summed E-state index contributed by atoms with van der Waals surface area (Å²) in [5.41, 5.74) is 7.49. The normalized spacial score (nSPS) is 10.1. The summed E-state index contributed by atoms with van der Waals surface area (Å²) >= 11 is 3.33. The number of nitrogens with one attached hydrogen (secondary N) is 1. The molecule has 0 radical (unpaired) electrons. The number of nitrogens with two attached hydrogens (primary N) is 1. The van der Waals surface area contributed by atoms with E-state index in [1.807, 2.05) is 0 Å². The van der Waals surface area contributed by atoms with Crippen LogP contribution in [0.4, 0.5) is 21.5 Å². The van der Waals surface area contributed by atoms with E-state index in [2.05, 4.69) is 26.2 Å². The fraction of sp³-hybridized carbons (Fsp3) is 0. The van der Waals surface area contributed by atoms with E-state index in [0.717, 1.165) is 4.47 Å². The van der Waals surface area contributed by atoms with Crippen molar-refractivity contribution in [3.63, 3.8) is 0 Å². The summed E-state index contributed by atoms with van der Waals surface area (Å²) in [6.45, 7) is 0. The van der Waals surface area contributed by atoms with Gasteiger partial charge >= 0.3 is 0 Å². The van der Waals surface area contributed by atoms with Gasteiger partial charge < -0.3 is 11.1 Å². The van der Waals surface area contributed by atoms with Gasteiger partial charge in [0.1, 0.15) is 5.82 Å². The molecule has 0 aliphatic rings. The molecule has 0 aliphatic carbocycles. The Morgan fingerprint density at radius 1 is 1.25 bits per heavy atom. The molecule has 5 heteroatoms. The Balaban J connectivity index is 2.30. The van der Waals surface area contributed by atoms with Gasteiger partial charge in [0.2, 0.25) is 0 Å². The van der Waals surface area contributed by atoms with Gasteiger partial charge in [-0.15, -0.1) is 0 Å². The van der Waals surface area contributed by atoms with Crippen molar-refractivity contribution in [1.82, 2.24) is 4.98 Å². The van der Waals surface area contributed by atoms with E-state index >= 15 is 0 Å². The second-order valence-corrected chi connectivity index (χ2v) is 4.11. The van der Waals surface area contributed by atoms with Crippen molar-refractivity contribution in [2.45, 2.75) is 0 Å². The number of nitrogens with zero attached hydrogens (tertiary/aromatic N) is 1. The van der Waals surface area contributed by atoms with Crippen molar-refractivity contribution in [3.8, 4) is 0 Å². The quantitative estimate of drug-likeness (QED) is 0.888. The second kappa shape index (κ2) is 4.49. The summed E-state index contributed by atoms with van der Waals surface area (Å²) in [7, 11) is 0. The number of nitrogen functional groups attached to an aromatic ring is 1. The Kier molecular flexibility index (Phi) is 3.05. The molecule has 0 amide bonds. The van der Waals surface area contributed by atoms with E-state index in [0.29, 0.717) is 17.1 Å². The van der Waals surface area contributed by atoms with Crippen LogP contribution in [0.2, 0.25) is 0 Å². The third-order valence-electron chi connectivity index (χ3n) is 1.97. The van der Waals surface area contributed by atoms with Crippen LogP contribution in [0.1, 0.15) is 0 Å². The minimum atomic E-state index is -0.303. The fourth-order valence-electron chi connectivity index (χ4n) is 1.27. The molecule has 0 aliphatic heterocycles. The predicted molar refractivity (Wildman–Crippen MR) is 66.0 cm³/mol. The lowest BCUT2D eigenvalue weighted by Crippen LogP contribution is -1.95. The van der Waals surface area contributed by atoms with Crippen molar-refractivity contribution in [2.24, 2.45) is 0 Å². The summed E-state index contributed by atoms with van der Waals surface area (Å²) in [6, 6.07) is 6.14. The molecule has 82 valence electrons. The summed E-state index contributed by atoms with van der Waals surface area (Å²) < 4.78 is 13.8. The van der Waals surface area contributed by atoms with Gasteiger partial charge in [0.25, 0.3) is 0 Å². The van der Waals surface area contributed by atoms with Gasteiger partial charge in [-0.25, -0.2) is 4.39 Å². The van der Waals surface area contributed by atoms with Crippen molar-refractivity contribution in [3.05, 3.63) is 46.9 Å². The molecule has 0 saturated heterocycles. The average Bonchev–Trinajstić information content (AvgIpc) is 2.24. The van der Waals surface area contributed by atoms with Gasteiger partial charge in [-0.05, 0) is 40.2 Å². The van der Waals surface area contributed by atoms with Gasteiger partial charge in [-0.2, -0.15) is 0 Å². The highest BCUT2D eigenvalue weighted by molar-refractivity contribution is 9.10. The van der Waals surface area contributed by atoms with E-state index in [1.165, 1.54) is 12.1 Å². The molecule has 0 spiro atoms. The molecule has 0 atom stereocenters. The molecule has 3 nitrogen and oxygen atoms in total. The smallest absolute Gasteiger partial charge is 0.125 e. The van der Waals surface area contributed by atoms with Crippen LogP contribution in [0.5, 0.6) is 0 Å². The maximum absolute atomic E-state index is 13.0. The summed E-state index contributed by atoms with van der Waals surface area (Å²) in [6.07, 6.45) is 3.17. The molecule has 0 saturated carbocycles. The van der Waals surface area contributed by atoms with Crippen molar-refractivity contribution < 1.29 is 4.39 Å². The zero-order chi connectivity index (χ0) is 11.5. The van der Waals surface area contributed by atoms with Crippen LogP contribution in [-0.2, 0) is 0 Å². The first kappa shape index (κ1) is 10.9. The van der Waals surface area contributed by atoms with Crippen LogP contribution < -0.4 is 11.1 Å². The Morgan fingerprint density at radius 2 is 2.06 bits per heavy atom.